The summed E-state index contributed by atoms with van der Waals surface area (Å²) < 4.78 is 12.4. The van der Waals surface area contributed by atoms with Gasteiger partial charge >= 0.3 is 5.97 Å². The largest absolute Gasteiger partial charge is 0.506 e. The third kappa shape index (κ3) is 9.55. The third-order valence-electron chi connectivity index (χ3n) is 9.53. The lowest BCUT2D eigenvalue weighted by Crippen LogP contribution is -2.25. The fourth-order valence-corrected chi connectivity index (χ4v) is 5.47. The van der Waals surface area contributed by atoms with Crippen LogP contribution in [0, 0.1) is 0 Å². The zero-order valence-electron chi connectivity index (χ0n) is 30.0. The Morgan fingerprint density at radius 2 is 1.46 bits per heavy atom. The highest BCUT2D eigenvalue weighted by atomic mass is 16.5. The van der Waals surface area contributed by atoms with Crippen LogP contribution in [-0.4, -0.2) is 41.1 Å². The van der Waals surface area contributed by atoms with E-state index in [1.54, 1.807) is 42.5 Å². The van der Waals surface area contributed by atoms with Crippen molar-refractivity contribution in [2.75, 3.05) is 18.5 Å². The predicted octanol–water partition coefficient (Wildman–Crippen LogP) is 9.11. The average Bonchev–Trinajstić information content (AvgIpc) is 3.10. The standard InChI is InChI=1S/C41H50N2O7/c1-7-40(3,4)27-15-20-34(33(25-27)41(5,6)8-2)49-24-12-11-23-42-39(48)32-26-35(30-13-9-10-14-31(30)38(32)47)50-29-18-16-28(17-19-29)43-36(44)21-22-37(45)46/h9-10,13-20,25-26,47H,7-8,11-12,21-24H2,1-6H3,(H,42,48)(H,43,44)(H,45,46). The summed E-state index contributed by atoms with van der Waals surface area (Å²) in [6.07, 6.45) is 3.08. The number of benzene rings is 4. The minimum atomic E-state index is -1.04. The average molecular weight is 683 g/mol. The van der Waals surface area contributed by atoms with E-state index < -0.39 is 17.8 Å². The second-order valence-electron chi connectivity index (χ2n) is 13.9. The van der Waals surface area contributed by atoms with Gasteiger partial charge in [-0.1, -0.05) is 77.9 Å². The highest BCUT2D eigenvalue weighted by Crippen LogP contribution is 2.40. The molecule has 9 heteroatoms. The number of ether oxygens (including phenoxy) is 2. The van der Waals surface area contributed by atoms with Gasteiger partial charge in [0.15, 0.2) is 0 Å². The van der Waals surface area contributed by atoms with E-state index in [1.165, 1.54) is 17.2 Å². The first kappa shape index (κ1) is 37.8. The van der Waals surface area contributed by atoms with Crippen molar-refractivity contribution in [2.24, 2.45) is 0 Å². The van der Waals surface area contributed by atoms with E-state index in [4.69, 9.17) is 14.6 Å². The van der Waals surface area contributed by atoms with Gasteiger partial charge in [-0.05, 0) is 78.5 Å². The number of carbonyl (C=O) groups is 3. The van der Waals surface area contributed by atoms with Crippen LogP contribution in [0.25, 0.3) is 10.8 Å². The van der Waals surface area contributed by atoms with Crippen molar-refractivity contribution < 1.29 is 34.1 Å². The van der Waals surface area contributed by atoms with E-state index >= 15 is 0 Å². The van der Waals surface area contributed by atoms with Gasteiger partial charge in [0.25, 0.3) is 5.91 Å². The minimum Gasteiger partial charge on any atom is -0.506 e. The van der Waals surface area contributed by atoms with Gasteiger partial charge in [0, 0.05) is 35.0 Å². The monoisotopic (exact) mass is 682 g/mol. The molecule has 266 valence electrons. The number of phenolic OH excluding ortho intramolecular Hbond substituents is 1. The zero-order chi connectivity index (χ0) is 36.5. The number of amides is 2. The predicted molar refractivity (Wildman–Crippen MR) is 198 cm³/mol. The van der Waals surface area contributed by atoms with Gasteiger partial charge in [-0.25, -0.2) is 0 Å². The molecule has 0 aliphatic heterocycles. The Bertz CT molecular complexity index is 1810. The van der Waals surface area contributed by atoms with Gasteiger partial charge in [0.1, 0.15) is 23.0 Å². The van der Waals surface area contributed by atoms with Crippen molar-refractivity contribution in [3.8, 4) is 23.0 Å². The molecule has 4 aromatic rings. The summed E-state index contributed by atoms with van der Waals surface area (Å²) in [6, 6.07) is 21.8. The van der Waals surface area contributed by atoms with Gasteiger partial charge in [-0.2, -0.15) is 0 Å². The van der Waals surface area contributed by atoms with E-state index in [9.17, 15) is 19.5 Å². The Hall–Kier alpha value is -5.05. The Balaban J connectivity index is 1.38. The van der Waals surface area contributed by atoms with Gasteiger partial charge in [-0.3, -0.25) is 14.4 Å². The summed E-state index contributed by atoms with van der Waals surface area (Å²) in [5.74, 6) is -0.255. The summed E-state index contributed by atoms with van der Waals surface area (Å²) >= 11 is 0. The van der Waals surface area contributed by atoms with Gasteiger partial charge in [0.05, 0.1) is 18.6 Å². The molecule has 4 rings (SSSR count). The van der Waals surface area contributed by atoms with Crippen LogP contribution in [0.2, 0.25) is 0 Å². The number of carbonyl (C=O) groups excluding carboxylic acids is 2. The molecule has 0 fully saturated rings. The molecule has 0 aliphatic rings. The molecule has 0 saturated carbocycles. The Morgan fingerprint density at radius 1 is 0.780 bits per heavy atom. The number of carboxylic acids is 1. The SMILES string of the molecule is CCC(C)(C)c1ccc(OCCCCNC(=O)c2cc(Oc3ccc(NC(=O)CCC(=O)O)cc3)c3ccccc3c2O)c(C(C)(C)CC)c1. The van der Waals surface area contributed by atoms with Crippen LogP contribution < -0.4 is 20.1 Å². The number of phenols is 1. The molecule has 0 aliphatic carbocycles. The summed E-state index contributed by atoms with van der Waals surface area (Å²) in [6.45, 7) is 14.4. The number of aromatic hydroxyl groups is 1. The number of carboxylic acid groups (broad SMARTS) is 1. The topological polar surface area (TPSA) is 134 Å². The number of anilines is 1. The first-order valence-electron chi connectivity index (χ1n) is 17.4. The zero-order valence-corrected chi connectivity index (χ0v) is 30.0. The number of fused-ring (bicyclic) bond motifs is 1. The number of rotatable bonds is 17. The highest BCUT2D eigenvalue weighted by Gasteiger charge is 2.26. The van der Waals surface area contributed by atoms with E-state index in [0.717, 1.165) is 25.0 Å². The van der Waals surface area contributed by atoms with Crippen molar-refractivity contribution in [3.63, 3.8) is 0 Å². The van der Waals surface area contributed by atoms with Crippen molar-refractivity contribution in [1.82, 2.24) is 5.32 Å². The molecule has 0 radical (unpaired) electrons. The van der Waals surface area contributed by atoms with Crippen molar-refractivity contribution in [1.29, 1.82) is 0 Å². The van der Waals surface area contributed by atoms with Crippen molar-refractivity contribution >= 4 is 34.2 Å². The molecule has 0 heterocycles. The number of aliphatic carboxylic acids is 1. The van der Waals surface area contributed by atoms with Crippen LogP contribution in [0.5, 0.6) is 23.0 Å². The van der Waals surface area contributed by atoms with Gasteiger partial charge in [0.2, 0.25) is 5.91 Å². The van der Waals surface area contributed by atoms with Crippen LogP contribution in [0.1, 0.15) is 102 Å². The van der Waals surface area contributed by atoms with E-state index in [1.807, 2.05) is 6.07 Å². The maximum absolute atomic E-state index is 13.3. The number of unbranched alkanes of at least 4 members (excludes halogenated alkanes) is 1. The quantitative estimate of drug-likeness (QED) is 0.0816. The molecule has 50 heavy (non-hydrogen) atoms. The molecule has 9 nitrogen and oxygen atoms in total. The van der Waals surface area contributed by atoms with Gasteiger partial charge < -0.3 is 30.3 Å². The van der Waals surface area contributed by atoms with Crippen LogP contribution in [0.4, 0.5) is 5.69 Å². The lowest BCUT2D eigenvalue weighted by Gasteiger charge is -2.30. The minimum absolute atomic E-state index is 0.0286. The molecule has 0 bridgehead atoms. The lowest BCUT2D eigenvalue weighted by molar-refractivity contribution is -0.138. The second kappa shape index (κ2) is 16.6. The summed E-state index contributed by atoms with van der Waals surface area (Å²) in [5, 5.41) is 26.5. The second-order valence-corrected chi connectivity index (χ2v) is 13.9. The fourth-order valence-electron chi connectivity index (χ4n) is 5.47. The van der Waals surface area contributed by atoms with Crippen molar-refractivity contribution in [3.05, 3.63) is 89.5 Å². The molecular weight excluding hydrogens is 632 g/mol. The number of hydrogen-bond donors (Lipinski definition) is 4. The number of nitrogens with one attached hydrogen (secondary N) is 2. The van der Waals surface area contributed by atoms with E-state index in [2.05, 4.69) is 70.4 Å². The maximum Gasteiger partial charge on any atom is 0.303 e. The van der Waals surface area contributed by atoms with Crippen LogP contribution in [0.15, 0.2) is 72.8 Å². The fraction of sp³-hybridized carbons (Fsp3) is 0.390. The molecule has 4 N–H and O–H groups in total. The number of hydrogen-bond acceptors (Lipinski definition) is 6. The first-order valence-corrected chi connectivity index (χ1v) is 17.4. The normalized spacial score (nSPS) is 11.6. The third-order valence-corrected chi connectivity index (χ3v) is 9.53. The first-order chi connectivity index (χ1) is 23.8. The van der Waals surface area contributed by atoms with Gasteiger partial charge in [-0.15, -0.1) is 0 Å². The highest BCUT2D eigenvalue weighted by molar-refractivity contribution is 6.06. The smallest absolute Gasteiger partial charge is 0.303 e. The molecule has 4 aromatic carbocycles. The Kier molecular flexibility index (Phi) is 12.5. The molecule has 0 spiro atoms. The maximum atomic E-state index is 13.3. The molecular formula is C41H50N2O7. The lowest BCUT2D eigenvalue weighted by atomic mass is 9.76. The van der Waals surface area contributed by atoms with Crippen LogP contribution in [-0.2, 0) is 20.4 Å². The molecule has 0 atom stereocenters. The summed E-state index contributed by atoms with van der Waals surface area (Å²) in [4.78, 5) is 36.0. The summed E-state index contributed by atoms with van der Waals surface area (Å²) in [7, 11) is 0. The molecule has 2 amide bonds. The van der Waals surface area contributed by atoms with E-state index in [0.29, 0.717) is 47.5 Å². The van der Waals surface area contributed by atoms with Crippen LogP contribution >= 0.6 is 0 Å². The molecule has 0 aromatic heterocycles. The van der Waals surface area contributed by atoms with E-state index in [-0.39, 0.29) is 35.0 Å². The Labute approximate surface area is 295 Å². The van der Waals surface area contributed by atoms with Crippen LogP contribution in [0.3, 0.4) is 0 Å². The Morgan fingerprint density at radius 3 is 2.12 bits per heavy atom. The molecule has 0 saturated heterocycles. The summed E-state index contributed by atoms with van der Waals surface area (Å²) in [5.41, 5.74) is 3.17. The molecule has 0 unspecified atom stereocenters. The van der Waals surface area contributed by atoms with Crippen molar-refractivity contribution in [2.45, 2.75) is 90.9 Å².